The number of hydrogen-bond donors (Lipinski definition) is 3. The molecule has 144 valence electrons. The first-order chi connectivity index (χ1) is 13.7. The summed E-state index contributed by atoms with van der Waals surface area (Å²) in [6.07, 6.45) is 5.02. The Morgan fingerprint density at radius 1 is 1.14 bits per heavy atom. The van der Waals surface area contributed by atoms with Crippen LogP contribution in [0.25, 0.3) is 11.3 Å². The first-order valence-electron chi connectivity index (χ1n) is 9.58. The van der Waals surface area contributed by atoms with Crippen molar-refractivity contribution < 1.29 is 4.79 Å². The smallest absolute Gasteiger partial charge is 0.227 e. The number of carbonyl (C=O) groups excluding carboxylic acids is 1. The van der Waals surface area contributed by atoms with E-state index in [0.717, 1.165) is 47.3 Å². The second kappa shape index (κ2) is 8.59. The molecule has 1 amide bonds. The summed E-state index contributed by atoms with van der Waals surface area (Å²) in [5.41, 5.74) is 5.13. The summed E-state index contributed by atoms with van der Waals surface area (Å²) in [5, 5.41) is 14.4. The van der Waals surface area contributed by atoms with Crippen LogP contribution in [-0.4, -0.2) is 16.1 Å². The Morgan fingerprint density at radius 2 is 1.96 bits per heavy atom. The van der Waals surface area contributed by atoms with Gasteiger partial charge in [-0.1, -0.05) is 42.3 Å². The van der Waals surface area contributed by atoms with Gasteiger partial charge in [0, 0.05) is 35.3 Å². The zero-order chi connectivity index (χ0) is 19.3. The van der Waals surface area contributed by atoms with Crippen molar-refractivity contribution in [2.45, 2.75) is 32.4 Å². The molecular formula is C22H23ClN4O. The van der Waals surface area contributed by atoms with Gasteiger partial charge in [0.2, 0.25) is 5.91 Å². The number of hydrogen-bond acceptors (Lipinski definition) is 3. The van der Waals surface area contributed by atoms with Crippen molar-refractivity contribution in [1.29, 1.82) is 0 Å². The van der Waals surface area contributed by atoms with Gasteiger partial charge in [0.15, 0.2) is 0 Å². The Kier molecular flexibility index (Phi) is 5.74. The van der Waals surface area contributed by atoms with Gasteiger partial charge in [-0.3, -0.25) is 9.89 Å². The normalized spacial score (nSPS) is 13.9. The average Bonchev–Trinajstić information content (AvgIpc) is 3.10. The highest BCUT2D eigenvalue weighted by Gasteiger charge is 2.25. The molecule has 0 unspecified atom stereocenters. The lowest BCUT2D eigenvalue weighted by Gasteiger charge is -2.24. The Bertz CT molecular complexity index is 947. The molecule has 1 aromatic heterocycles. The molecular weight excluding hydrogens is 372 g/mol. The highest BCUT2D eigenvalue weighted by atomic mass is 35.5. The van der Waals surface area contributed by atoms with E-state index in [1.165, 1.54) is 0 Å². The molecule has 1 heterocycles. The van der Waals surface area contributed by atoms with Crippen molar-refractivity contribution >= 4 is 23.2 Å². The molecule has 0 aliphatic heterocycles. The van der Waals surface area contributed by atoms with E-state index in [0.29, 0.717) is 18.1 Å². The van der Waals surface area contributed by atoms with Gasteiger partial charge < -0.3 is 10.6 Å². The van der Waals surface area contributed by atoms with Crippen LogP contribution in [0.5, 0.6) is 0 Å². The zero-order valence-corrected chi connectivity index (χ0v) is 16.3. The van der Waals surface area contributed by atoms with E-state index >= 15 is 0 Å². The molecule has 3 aromatic rings. The average molecular weight is 395 g/mol. The molecule has 3 N–H and O–H groups in total. The number of anilines is 1. The molecule has 1 aliphatic carbocycles. The first-order valence-corrected chi connectivity index (χ1v) is 9.95. The fraction of sp³-hybridized carbons (Fsp3) is 0.273. The van der Waals surface area contributed by atoms with E-state index in [-0.39, 0.29) is 11.8 Å². The number of aromatic amines is 1. The number of halogens is 1. The van der Waals surface area contributed by atoms with Crippen LogP contribution in [0.2, 0.25) is 5.02 Å². The van der Waals surface area contributed by atoms with Gasteiger partial charge in [0.05, 0.1) is 11.9 Å². The van der Waals surface area contributed by atoms with E-state index in [9.17, 15) is 4.79 Å². The van der Waals surface area contributed by atoms with Gasteiger partial charge in [-0.15, -0.1) is 0 Å². The van der Waals surface area contributed by atoms with Crippen molar-refractivity contribution in [2.24, 2.45) is 5.92 Å². The summed E-state index contributed by atoms with van der Waals surface area (Å²) in [6.45, 7) is 1.39. The largest absolute Gasteiger partial charge is 0.326 e. The van der Waals surface area contributed by atoms with Crippen LogP contribution in [0.3, 0.4) is 0 Å². The number of nitrogens with one attached hydrogen (secondary N) is 3. The van der Waals surface area contributed by atoms with Crippen LogP contribution in [0.15, 0.2) is 54.7 Å². The van der Waals surface area contributed by atoms with Crippen molar-refractivity contribution in [2.75, 3.05) is 5.32 Å². The molecule has 0 bridgehead atoms. The first kappa shape index (κ1) is 18.7. The SMILES string of the molecule is O=C(Nc1cccc(CNCc2cn[nH]c2-c2ccc(Cl)cc2)c1)C1CCC1. The van der Waals surface area contributed by atoms with Crippen LogP contribution < -0.4 is 10.6 Å². The molecule has 6 heteroatoms. The predicted octanol–water partition coefficient (Wildman–Crippen LogP) is 4.76. The highest BCUT2D eigenvalue weighted by Crippen LogP contribution is 2.27. The number of amides is 1. The van der Waals surface area contributed by atoms with Gasteiger partial charge in [-0.2, -0.15) is 5.10 Å². The quantitative estimate of drug-likeness (QED) is 0.541. The Morgan fingerprint density at radius 3 is 2.71 bits per heavy atom. The predicted molar refractivity (Wildman–Crippen MR) is 112 cm³/mol. The molecule has 0 atom stereocenters. The minimum Gasteiger partial charge on any atom is -0.326 e. The van der Waals surface area contributed by atoms with Crippen LogP contribution >= 0.6 is 11.6 Å². The molecule has 28 heavy (non-hydrogen) atoms. The highest BCUT2D eigenvalue weighted by molar-refractivity contribution is 6.30. The molecule has 2 aromatic carbocycles. The number of carbonyl (C=O) groups is 1. The van der Waals surface area contributed by atoms with Gasteiger partial charge in [0.1, 0.15) is 0 Å². The lowest BCUT2D eigenvalue weighted by Crippen LogP contribution is -2.28. The molecule has 1 fully saturated rings. The second-order valence-electron chi connectivity index (χ2n) is 7.20. The van der Waals surface area contributed by atoms with E-state index in [1.54, 1.807) is 0 Å². The summed E-state index contributed by atoms with van der Waals surface area (Å²) in [5.74, 6) is 0.330. The number of aromatic nitrogens is 2. The molecule has 1 saturated carbocycles. The molecule has 1 aliphatic rings. The van der Waals surface area contributed by atoms with E-state index in [1.807, 2.05) is 48.7 Å². The van der Waals surface area contributed by atoms with Crippen molar-refractivity contribution in [3.05, 3.63) is 70.9 Å². The monoisotopic (exact) mass is 394 g/mol. The molecule has 4 rings (SSSR count). The second-order valence-corrected chi connectivity index (χ2v) is 7.63. The van der Waals surface area contributed by atoms with Crippen molar-refractivity contribution in [1.82, 2.24) is 15.5 Å². The number of rotatable bonds is 7. The summed E-state index contributed by atoms with van der Waals surface area (Å²) in [7, 11) is 0. The maximum absolute atomic E-state index is 12.1. The molecule has 0 saturated heterocycles. The van der Waals surface area contributed by atoms with Crippen LogP contribution in [0, 0.1) is 5.92 Å². The Hall–Kier alpha value is -2.63. The fourth-order valence-electron chi connectivity index (χ4n) is 3.33. The van der Waals surface area contributed by atoms with Gasteiger partial charge >= 0.3 is 0 Å². The van der Waals surface area contributed by atoms with Crippen LogP contribution in [-0.2, 0) is 17.9 Å². The van der Waals surface area contributed by atoms with Crippen molar-refractivity contribution in [3.63, 3.8) is 0 Å². The van der Waals surface area contributed by atoms with Gasteiger partial charge in [0.25, 0.3) is 0 Å². The minimum absolute atomic E-state index is 0.141. The molecule has 0 spiro atoms. The van der Waals surface area contributed by atoms with E-state index < -0.39 is 0 Å². The third-order valence-corrected chi connectivity index (χ3v) is 5.42. The number of benzene rings is 2. The lowest BCUT2D eigenvalue weighted by atomic mass is 9.85. The van der Waals surface area contributed by atoms with E-state index in [4.69, 9.17) is 11.6 Å². The third kappa shape index (κ3) is 4.43. The Balaban J connectivity index is 1.34. The molecule has 5 nitrogen and oxygen atoms in total. The third-order valence-electron chi connectivity index (χ3n) is 5.17. The number of H-pyrrole nitrogens is 1. The summed E-state index contributed by atoms with van der Waals surface area (Å²) in [4.78, 5) is 12.1. The number of nitrogens with zero attached hydrogens (tertiary/aromatic N) is 1. The maximum Gasteiger partial charge on any atom is 0.227 e. The fourth-order valence-corrected chi connectivity index (χ4v) is 3.45. The molecule has 0 radical (unpaired) electrons. The maximum atomic E-state index is 12.1. The zero-order valence-electron chi connectivity index (χ0n) is 15.5. The topological polar surface area (TPSA) is 69.8 Å². The summed E-state index contributed by atoms with van der Waals surface area (Å²) >= 11 is 5.97. The summed E-state index contributed by atoms with van der Waals surface area (Å²) < 4.78 is 0. The van der Waals surface area contributed by atoms with Crippen LogP contribution in [0.1, 0.15) is 30.4 Å². The van der Waals surface area contributed by atoms with Crippen LogP contribution in [0.4, 0.5) is 5.69 Å². The Labute approximate surface area is 169 Å². The lowest BCUT2D eigenvalue weighted by molar-refractivity contribution is -0.122. The van der Waals surface area contributed by atoms with Gasteiger partial charge in [-0.05, 0) is 48.2 Å². The standard InChI is InChI=1S/C22H23ClN4O/c23-19-9-7-16(8-10-19)21-18(14-25-27-21)13-24-12-15-3-1-6-20(11-15)26-22(28)17-4-2-5-17/h1,3,6-11,14,17,24H,2,4-5,12-13H2,(H,25,27)(H,26,28). The van der Waals surface area contributed by atoms with Crippen molar-refractivity contribution in [3.8, 4) is 11.3 Å². The van der Waals surface area contributed by atoms with E-state index in [2.05, 4.69) is 26.9 Å². The minimum atomic E-state index is 0.141. The summed E-state index contributed by atoms with van der Waals surface area (Å²) in [6, 6.07) is 15.7. The van der Waals surface area contributed by atoms with Gasteiger partial charge in [-0.25, -0.2) is 0 Å².